The van der Waals surface area contributed by atoms with Crippen LogP contribution in [0.2, 0.25) is 0 Å². The van der Waals surface area contributed by atoms with E-state index in [0.29, 0.717) is 12.1 Å². The van der Waals surface area contributed by atoms with Crippen LogP contribution in [0.25, 0.3) is 0 Å². The Kier molecular flexibility index (Phi) is 5.78. The first-order valence-electron chi connectivity index (χ1n) is 8.13. The Hall–Kier alpha value is -1.37. The molecule has 1 aliphatic carbocycles. The quantitative estimate of drug-likeness (QED) is 0.902. The van der Waals surface area contributed by atoms with Crippen molar-refractivity contribution in [3.8, 4) is 6.07 Å². The maximum absolute atomic E-state index is 8.98. The predicted octanol–water partition coefficient (Wildman–Crippen LogP) is 3.35. The molecule has 0 unspecified atom stereocenters. The summed E-state index contributed by atoms with van der Waals surface area (Å²) in [5.74, 6) is 0. The molecular formula is C18H27N3. The van der Waals surface area contributed by atoms with Gasteiger partial charge in [0.25, 0.3) is 0 Å². The van der Waals surface area contributed by atoms with Gasteiger partial charge in [0, 0.05) is 18.6 Å². The zero-order valence-corrected chi connectivity index (χ0v) is 13.3. The van der Waals surface area contributed by atoms with Crippen molar-refractivity contribution >= 4 is 0 Å². The van der Waals surface area contributed by atoms with Gasteiger partial charge in [-0.05, 0) is 68.8 Å². The molecule has 2 N–H and O–H groups in total. The van der Waals surface area contributed by atoms with Crippen LogP contribution in [0.3, 0.4) is 0 Å². The number of hydrogen-bond donors (Lipinski definition) is 1. The van der Waals surface area contributed by atoms with E-state index < -0.39 is 0 Å². The lowest BCUT2D eigenvalue weighted by molar-refractivity contribution is 0.142. The van der Waals surface area contributed by atoms with Crippen LogP contribution in [0, 0.1) is 18.3 Å². The second-order valence-corrected chi connectivity index (χ2v) is 6.29. The van der Waals surface area contributed by atoms with Crippen LogP contribution in [0.4, 0.5) is 0 Å². The van der Waals surface area contributed by atoms with Crippen LogP contribution in [0.15, 0.2) is 18.2 Å². The highest BCUT2D eigenvalue weighted by atomic mass is 15.2. The van der Waals surface area contributed by atoms with E-state index >= 15 is 0 Å². The largest absolute Gasteiger partial charge is 0.328 e. The summed E-state index contributed by atoms with van der Waals surface area (Å²) in [6, 6.07) is 9.33. The Balaban J connectivity index is 2.07. The van der Waals surface area contributed by atoms with Crippen molar-refractivity contribution in [1.29, 1.82) is 5.26 Å². The van der Waals surface area contributed by atoms with E-state index in [1.54, 1.807) is 0 Å². The molecule has 0 aromatic heterocycles. The Morgan fingerprint density at radius 2 is 2.00 bits per heavy atom. The van der Waals surface area contributed by atoms with Crippen LogP contribution in [0.1, 0.15) is 55.7 Å². The van der Waals surface area contributed by atoms with E-state index in [0.717, 1.165) is 31.5 Å². The number of nitrogens with two attached hydrogens (primary N) is 1. The lowest BCUT2D eigenvalue weighted by atomic mass is 9.90. The molecule has 0 amide bonds. The van der Waals surface area contributed by atoms with Gasteiger partial charge in [-0.15, -0.1) is 0 Å². The number of rotatable bonds is 5. The summed E-state index contributed by atoms with van der Waals surface area (Å²) in [5.41, 5.74) is 9.35. The van der Waals surface area contributed by atoms with Crippen LogP contribution in [-0.2, 0) is 6.54 Å². The Morgan fingerprint density at radius 3 is 2.57 bits per heavy atom. The van der Waals surface area contributed by atoms with E-state index in [9.17, 15) is 0 Å². The smallest absolute Gasteiger partial charge is 0.0991 e. The molecule has 2 rings (SSSR count). The van der Waals surface area contributed by atoms with Crippen molar-refractivity contribution in [2.75, 3.05) is 6.54 Å². The minimum atomic E-state index is 0.404. The summed E-state index contributed by atoms with van der Waals surface area (Å²) < 4.78 is 0. The van der Waals surface area contributed by atoms with Gasteiger partial charge in [-0.1, -0.05) is 13.0 Å². The lowest BCUT2D eigenvalue weighted by Crippen LogP contribution is -2.41. The lowest BCUT2D eigenvalue weighted by Gasteiger charge is -2.36. The molecule has 0 spiro atoms. The van der Waals surface area contributed by atoms with Gasteiger partial charge in [0.2, 0.25) is 0 Å². The third-order valence-corrected chi connectivity index (χ3v) is 4.61. The molecule has 114 valence electrons. The van der Waals surface area contributed by atoms with Crippen LogP contribution < -0.4 is 5.73 Å². The van der Waals surface area contributed by atoms with Gasteiger partial charge in [0.15, 0.2) is 0 Å². The molecule has 0 aliphatic heterocycles. The van der Waals surface area contributed by atoms with Gasteiger partial charge < -0.3 is 5.73 Å². The SMILES string of the molecule is CCCN(Cc1ccc(C#N)cc1C)C1CCC(N)CC1. The summed E-state index contributed by atoms with van der Waals surface area (Å²) in [6.07, 6.45) is 5.92. The Morgan fingerprint density at radius 1 is 1.29 bits per heavy atom. The van der Waals surface area contributed by atoms with E-state index in [1.807, 2.05) is 12.1 Å². The van der Waals surface area contributed by atoms with Gasteiger partial charge in [-0.3, -0.25) is 4.90 Å². The first-order valence-corrected chi connectivity index (χ1v) is 8.13. The van der Waals surface area contributed by atoms with E-state index in [2.05, 4.69) is 30.9 Å². The fourth-order valence-corrected chi connectivity index (χ4v) is 3.31. The fourth-order valence-electron chi connectivity index (χ4n) is 3.31. The van der Waals surface area contributed by atoms with Crippen molar-refractivity contribution in [3.63, 3.8) is 0 Å². The summed E-state index contributed by atoms with van der Waals surface area (Å²) in [7, 11) is 0. The Bertz CT molecular complexity index is 496. The monoisotopic (exact) mass is 285 g/mol. The average molecular weight is 285 g/mol. The van der Waals surface area contributed by atoms with Crippen LogP contribution in [0.5, 0.6) is 0 Å². The number of nitriles is 1. The molecule has 0 heterocycles. The second kappa shape index (κ2) is 7.59. The van der Waals surface area contributed by atoms with Crippen molar-refractivity contribution in [1.82, 2.24) is 4.90 Å². The van der Waals surface area contributed by atoms with Crippen LogP contribution >= 0.6 is 0 Å². The Labute approximate surface area is 128 Å². The minimum Gasteiger partial charge on any atom is -0.328 e. The van der Waals surface area contributed by atoms with E-state index in [4.69, 9.17) is 11.0 Å². The fraction of sp³-hybridized carbons (Fsp3) is 0.611. The van der Waals surface area contributed by atoms with Crippen molar-refractivity contribution < 1.29 is 0 Å². The zero-order valence-electron chi connectivity index (χ0n) is 13.3. The van der Waals surface area contributed by atoms with E-state index in [1.165, 1.54) is 30.4 Å². The second-order valence-electron chi connectivity index (χ2n) is 6.29. The van der Waals surface area contributed by atoms with Gasteiger partial charge in [0.05, 0.1) is 11.6 Å². The third-order valence-electron chi connectivity index (χ3n) is 4.61. The van der Waals surface area contributed by atoms with Crippen LogP contribution in [-0.4, -0.2) is 23.5 Å². The first kappa shape index (κ1) is 16.0. The highest BCUT2D eigenvalue weighted by Gasteiger charge is 2.24. The molecule has 1 aromatic carbocycles. The van der Waals surface area contributed by atoms with Crippen molar-refractivity contribution in [2.24, 2.45) is 5.73 Å². The minimum absolute atomic E-state index is 0.404. The summed E-state index contributed by atoms with van der Waals surface area (Å²) in [5, 5.41) is 8.98. The number of hydrogen-bond acceptors (Lipinski definition) is 3. The van der Waals surface area contributed by atoms with Gasteiger partial charge in [-0.2, -0.15) is 5.26 Å². The molecule has 3 heteroatoms. The molecular weight excluding hydrogens is 258 g/mol. The summed E-state index contributed by atoms with van der Waals surface area (Å²) in [4.78, 5) is 2.61. The molecule has 1 saturated carbocycles. The highest BCUT2D eigenvalue weighted by molar-refractivity contribution is 5.37. The number of benzene rings is 1. The standard InChI is InChI=1S/C18H27N3/c1-3-10-21(18-8-6-17(20)7-9-18)13-16-5-4-15(12-19)11-14(16)2/h4-5,11,17-18H,3,6-10,13,20H2,1-2H3. The molecule has 1 aromatic rings. The van der Waals surface area contributed by atoms with Gasteiger partial charge >= 0.3 is 0 Å². The summed E-state index contributed by atoms with van der Waals surface area (Å²) in [6.45, 7) is 6.48. The number of nitrogens with zero attached hydrogens (tertiary/aromatic N) is 2. The molecule has 3 nitrogen and oxygen atoms in total. The predicted molar refractivity (Wildman–Crippen MR) is 86.8 cm³/mol. The van der Waals surface area contributed by atoms with Gasteiger partial charge in [-0.25, -0.2) is 0 Å². The molecule has 21 heavy (non-hydrogen) atoms. The molecule has 0 bridgehead atoms. The molecule has 0 atom stereocenters. The van der Waals surface area contributed by atoms with Crippen molar-refractivity contribution in [3.05, 3.63) is 34.9 Å². The third kappa shape index (κ3) is 4.30. The summed E-state index contributed by atoms with van der Waals surface area (Å²) >= 11 is 0. The topological polar surface area (TPSA) is 53.0 Å². The number of aryl methyl sites for hydroxylation is 1. The average Bonchev–Trinajstić information content (AvgIpc) is 2.49. The molecule has 0 radical (unpaired) electrons. The maximum atomic E-state index is 8.98. The zero-order chi connectivity index (χ0) is 15.2. The molecule has 1 fully saturated rings. The highest BCUT2D eigenvalue weighted by Crippen LogP contribution is 2.24. The van der Waals surface area contributed by atoms with Gasteiger partial charge in [0.1, 0.15) is 0 Å². The van der Waals surface area contributed by atoms with Crippen molar-refractivity contribution in [2.45, 2.75) is 64.6 Å². The molecule has 1 aliphatic rings. The first-order chi connectivity index (χ1) is 10.1. The maximum Gasteiger partial charge on any atom is 0.0991 e. The molecule has 0 saturated heterocycles. The van der Waals surface area contributed by atoms with E-state index in [-0.39, 0.29) is 0 Å². The normalized spacial score (nSPS) is 22.2.